The van der Waals surface area contributed by atoms with Gasteiger partial charge in [0.25, 0.3) is 0 Å². The molecule has 0 aliphatic heterocycles. The number of esters is 1. The van der Waals surface area contributed by atoms with Gasteiger partial charge in [0.15, 0.2) is 0 Å². The van der Waals surface area contributed by atoms with Crippen LogP contribution >= 0.6 is 0 Å². The van der Waals surface area contributed by atoms with Gasteiger partial charge >= 0.3 is 5.97 Å². The van der Waals surface area contributed by atoms with Crippen LogP contribution < -0.4 is 5.32 Å². The van der Waals surface area contributed by atoms with Crippen molar-refractivity contribution >= 4 is 5.97 Å². The number of ether oxygens (including phenoxy) is 1. The van der Waals surface area contributed by atoms with E-state index in [1.54, 1.807) is 19.6 Å². The van der Waals surface area contributed by atoms with Crippen LogP contribution in [0.15, 0.2) is 12.5 Å². The van der Waals surface area contributed by atoms with Gasteiger partial charge in [-0.3, -0.25) is 4.79 Å². The third-order valence-electron chi connectivity index (χ3n) is 3.45. The zero-order valence-electron chi connectivity index (χ0n) is 10.8. The molecule has 0 saturated heterocycles. The first kappa shape index (κ1) is 13.1. The molecule has 1 aromatic rings. The quantitative estimate of drug-likeness (QED) is 0.777. The number of aromatic amines is 1. The Balaban J connectivity index is 1.84. The van der Waals surface area contributed by atoms with Gasteiger partial charge < -0.3 is 15.0 Å². The van der Waals surface area contributed by atoms with Crippen LogP contribution in [0.3, 0.4) is 0 Å². The van der Waals surface area contributed by atoms with E-state index in [1.165, 1.54) is 19.3 Å². The Hall–Kier alpha value is -1.36. The van der Waals surface area contributed by atoms with E-state index in [1.807, 2.05) is 0 Å². The van der Waals surface area contributed by atoms with Crippen LogP contribution in [0, 0.1) is 0 Å². The number of likely N-dealkylation sites (N-methyl/N-ethyl adjacent to an activating group) is 1. The minimum Gasteiger partial charge on any atom is -0.461 e. The predicted octanol–water partition coefficient (Wildman–Crippen LogP) is 1.42. The molecule has 1 heterocycles. The molecule has 0 radical (unpaired) electrons. The number of carbonyl (C=O) groups is 1. The molecular weight excluding hydrogens is 230 g/mol. The molecule has 0 spiro atoms. The van der Waals surface area contributed by atoms with Gasteiger partial charge in [-0.15, -0.1) is 0 Å². The molecule has 1 fully saturated rings. The number of hydrogen-bond donors (Lipinski definition) is 2. The van der Waals surface area contributed by atoms with E-state index in [2.05, 4.69) is 15.3 Å². The van der Waals surface area contributed by atoms with E-state index in [-0.39, 0.29) is 18.1 Å². The lowest BCUT2D eigenvalue weighted by Gasteiger charge is -2.24. The lowest BCUT2D eigenvalue weighted by Crippen LogP contribution is -2.39. The maximum absolute atomic E-state index is 12.0. The van der Waals surface area contributed by atoms with Crippen LogP contribution in [0.5, 0.6) is 0 Å². The standard InChI is InChI=1S/C13H21N3O2/c1-14-12(7-10-8-15-9-16-10)13(17)18-11-5-3-2-4-6-11/h8-9,11-12,14H,2-7H2,1H3,(H,15,16)/t12-/m0/s1. The summed E-state index contributed by atoms with van der Waals surface area (Å²) in [5.41, 5.74) is 0.940. The Morgan fingerprint density at radius 2 is 2.33 bits per heavy atom. The summed E-state index contributed by atoms with van der Waals surface area (Å²) >= 11 is 0. The Morgan fingerprint density at radius 1 is 1.56 bits per heavy atom. The normalized spacial score (nSPS) is 18.5. The van der Waals surface area contributed by atoms with Gasteiger partial charge in [0.2, 0.25) is 0 Å². The molecule has 1 aliphatic carbocycles. The average molecular weight is 251 g/mol. The number of imidazole rings is 1. The Labute approximate surface area is 107 Å². The number of H-pyrrole nitrogens is 1. The third kappa shape index (κ3) is 3.57. The molecule has 1 atom stereocenters. The van der Waals surface area contributed by atoms with Crippen molar-refractivity contribution in [3.8, 4) is 0 Å². The predicted molar refractivity (Wildman–Crippen MR) is 68.1 cm³/mol. The van der Waals surface area contributed by atoms with Crippen molar-refractivity contribution in [2.45, 2.75) is 50.7 Å². The minimum absolute atomic E-state index is 0.115. The van der Waals surface area contributed by atoms with E-state index >= 15 is 0 Å². The summed E-state index contributed by atoms with van der Waals surface area (Å²) in [4.78, 5) is 19.0. The van der Waals surface area contributed by atoms with Crippen LogP contribution in [0.4, 0.5) is 0 Å². The summed E-state index contributed by atoms with van der Waals surface area (Å²) in [7, 11) is 1.78. The number of aromatic nitrogens is 2. The third-order valence-corrected chi connectivity index (χ3v) is 3.45. The van der Waals surface area contributed by atoms with Crippen LogP contribution in [-0.2, 0) is 16.0 Å². The number of hydrogen-bond acceptors (Lipinski definition) is 4. The van der Waals surface area contributed by atoms with E-state index in [0.717, 1.165) is 18.5 Å². The smallest absolute Gasteiger partial charge is 0.323 e. The maximum atomic E-state index is 12.0. The summed E-state index contributed by atoms with van der Waals surface area (Å²) in [5, 5.41) is 3.01. The van der Waals surface area contributed by atoms with Crippen molar-refractivity contribution in [1.29, 1.82) is 0 Å². The zero-order chi connectivity index (χ0) is 12.8. The Kier molecular flexibility index (Phi) is 4.75. The number of rotatable bonds is 5. The van der Waals surface area contributed by atoms with E-state index in [9.17, 15) is 4.79 Å². The first-order valence-corrected chi connectivity index (χ1v) is 6.64. The number of nitrogens with one attached hydrogen (secondary N) is 2. The molecule has 0 aromatic carbocycles. The second-order valence-corrected chi connectivity index (χ2v) is 4.82. The van der Waals surface area contributed by atoms with Crippen LogP contribution in [0.25, 0.3) is 0 Å². The molecule has 1 aromatic heterocycles. The fraction of sp³-hybridized carbons (Fsp3) is 0.692. The molecule has 5 heteroatoms. The van der Waals surface area contributed by atoms with Gasteiger partial charge in [-0.05, 0) is 32.7 Å². The summed E-state index contributed by atoms with van der Waals surface area (Å²) in [5.74, 6) is -0.154. The Bertz CT molecular complexity index is 358. The fourth-order valence-corrected chi connectivity index (χ4v) is 2.35. The van der Waals surface area contributed by atoms with E-state index in [4.69, 9.17) is 4.74 Å². The number of carbonyl (C=O) groups excluding carboxylic acids is 1. The summed E-state index contributed by atoms with van der Waals surface area (Å²) in [6.07, 6.45) is 9.67. The minimum atomic E-state index is -0.299. The van der Waals surface area contributed by atoms with Crippen molar-refractivity contribution in [2.75, 3.05) is 7.05 Å². The SMILES string of the molecule is CN[C@@H](Cc1cnc[nH]1)C(=O)OC1CCCCC1. The summed E-state index contributed by atoms with van der Waals surface area (Å²) < 4.78 is 5.56. The van der Waals surface area contributed by atoms with Crippen molar-refractivity contribution in [2.24, 2.45) is 0 Å². The molecule has 0 amide bonds. The molecule has 0 unspecified atom stereocenters. The van der Waals surface area contributed by atoms with Gasteiger partial charge in [-0.2, -0.15) is 0 Å². The molecule has 1 aliphatic rings. The van der Waals surface area contributed by atoms with Gasteiger partial charge in [0.05, 0.1) is 6.33 Å². The Morgan fingerprint density at radius 3 is 2.94 bits per heavy atom. The maximum Gasteiger partial charge on any atom is 0.323 e. The van der Waals surface area contributed by atoms with E-state index < -0.39 is 0 Å². The molecule has 2 N–H and O–H groups in total. The van der Waals surface area contributed by atoms with Gasteiger partial charge in [-0.25, -0.2) is 4.98 Å². The molecule has 5 nitrogen and oxygen atoms in total. The topological polar surface area (TPSA) is 67.0 Å². The first-order chi connectivity index (χ1) is 8.79. The van der Waals surface area contributed by atoms with Gasteiger partial charge in [0.1, 0.15) is 12.1 Å². The number of nitrogens with zero attached hydrogens (tertiary/aromatic N) is 1. The molecule has 0 bridgehead atoms. The highest BCUT2D eigenvalue weighted by atomic mass is 16.5. The van der Waals surface area contributed by atoms with Crippen molar-refractivity contribution in [3.05, 3.63) is 18.2 Å². The molecule has 100 valence electrons. The molecular formula is C13H21N3O2. The highest BCUT2D eigenvalue weighted by Gasteiger charge is 2.24. The fourth-order valence-electron chi connectivity index (χ4n) is 2.35. The van der Waals surface area contributed by atoms with Gasteiger partial charge in [0, 0.05) is 18.3 Å². The second-order valence-electron chi connectivity index (χ2n) is 4.82. The lowest BCUT2D eigenvalue weighted by molar-refractivity contribution is -0.152. The highest BCUT2D eigenvalue weighted by Crippen LogP contribution is 2.20. The monoisotopic (exact) mass is 251 g/mol. The summed E-state index contributed by atoms with van der Waals surface area (Å²) in [6, 6.07) is -0.299. The molecule has 1 saturated carbocycles. The van der Waals surface area contributed by atoms with Crippen molar-refractivity contribution in [1.82, 2.24) is 15.3 Å². The lowest BCUT2D eigenvalue weighted by atomic mass is 9.98. The van der Waals surface area contributed by atoms with Crippen LogP contribution in [0.2, 0.25) is 0 Å². The van der Waals surface area contributed by atoms with E-state index in [0.29, 0.717) is 6.42 Å². The van der Waals surface area contributed by atoms with Gasteiger partial charge in [-0.1, -0.05) is 6.42 Å². The van der Waals surface area contributed by atoms with Crippen LogP contribution in [-0.4, -0.2) is 35.1 Å². The largest absolute Gasteiger partial charge is 0.461 e. The van der Waals surface area contributed by atoms with Crippen LogP contribution in [0.1, 0.15) is 37.8 Å². The summed E-state index contributed by atoms with van der Waals surface area (Å²) in [6.45, 7) is 0. The second kappa shape index (κ2) is 6.54. The van der Waals surface area contributed by atoms with Crippen molar-refractivity contribution < 1.29 is 9.53 Å². The molecule has 18 heavy (non-hydrogen) atoms. The zero-order valence-corrected chi connectivity index (χ0v) is 10.8. The molecule has 2 rings (SSSR count). The average Bonchev–Trinajstić information content (AvgIpc) is 2.90. The highest BCUT2D eigenvalue weighted by molar-refractivity contribution is 5.76. The van der Waals surface area contributed by atoms with Crippen molar-refractivity contribution in [3.63, 3.8) is 0 Å². The first-order valence-electron chi connectivity index (χ1n) is 6.64.